The Kier molecular flexibility index (Phi) is 4.41. The first kappa shape index (κ1) is 17.3. The van der Waals surface area contributed by atoms with Crippen LogP contribution in [0.1, 0.15) is 17.0 Å². The third-order valence-corrected chi connectivity index (χ3v) is 4.40. The minimum absolute atomic E-state index is 0.173. The molecule has 4 aromatic rings. The second-order valence-electron chi connectivity index (χ2n) is 6.27. The van der Waals surface area contributed by atoms with Crippen molar-refractivity contribution in [1.29, 1.82) is 0 Å². The Balaban J connectivity index is 1.86. The molecule has 0 aliphatic heterocycles. The fraction of sp³-hybridized carbons (Fsp3) is 0.150. The first-order valence-corrected chi connectivity index (χ1v) is 8.84. The number of rotatable bonds is 4. The van der Waals surface area contributed by atoms with Crippen molar-refractivity contribution in [3.05, 3.63) is 86.9 Å². The summed E-state index contributed by atoms with van der Waals surface area (Å²) in [5, 5.41) is 5.54. The van der Waals surface area contributed by atoms with Crippen molar-refractivity contribution < 1.29 is 4.84 Å². The van der Waals surface area contributed by atoms with Crippen LogP contribution in [-0.4, -0.2) is 19.5 Å². The van der Waals surface area contributed by atoms with Crippen LogP contribution in [0.2, 0.25) is 5.02 Å². The molecule has 2 aromatic carbocycles. The molecular weight excluding hydrogens is 364 g/mol. The number of hydrogen-bond acceptors (Lipinski definition) is 4. The molecule has 0 bridgehead atoms. The first-order chi connectivity index (χ1) is 13.0. The number of benzene rings is 2. The molecule has 6 nitrogen and oxygen atoms in total. The minimum atomic E-state index is -0.287. The highest BCUT2D eigenvalue weighted by atomic mass is 35.5. The first-order valence-electron chi connectivity index (χ1n) is 8.46. The van der Waals surface area contributed by atoms with Gasteiger partial charge < -0.3 is 4.84 Å². The van der Waals surface area contributed by atoms with Gasteiger partial charge in [0.05, 0.1) is 16.6 Å². The van der Waals surface area contributed by atoms with Gasteiger partial charge in [-0.25, -0.2) is 9.67 Å². The summed E-state index contributed by atoms with van der Waals surface area (Å²) in [6.07, 6.45) is 0. The summed E-state index contributed by atoms with van der Waals surface area (Å²) >= 11 is 6.04. The zero-order chi connectivity index (χ0) is 19.0. The van der Waals surface area contributed by atoms with Gasteiger partial charge in [0.25, 0.3) is 11.5 Å². The molecule has 0 fully saturated rings. The maximum absolute atomic E-state index is 13.1. The van der Waals surface area contributed by atoms with Crippen LogP contribution in [0.3, 0.4) is 0 Å². The highest BCUT2D eigenvalue weighted by Crippen LogP contribution is 2.14. The molecule has 27 heavy (non-hydrogen) atoms. The number of para-hydroxylation sites is 1. The minimum Gasteiger partial charge on any atom is -0.402 e. The van der Waals surface area contributed by atoms with E-state index in [1.807, 2.05) is 38.1 Å². The number of aromatic nitrogens is 4. The second-order valence-corrected chi connectivity index (χ2v) is 6.71. The van der Waals surface area contributed by atoms with E-state index in [0.717, 1.165) is 17.0 Å². The Morgan fingerprint density at radius 2 is 1.89 bits per heavy atom. The summed E-state index contributed by atoms with van der Waals surface area (Å²) < 4.78 is 2.81. The van der Waals surface area contributed by atoms with Gasteiger partial charge in [-0.2, -0.15) is 5.10 Å². The fourth-order valence-corrected chi connectivity index (χ4v) is 3.17. The van der Waals surface area contributed by atoms with Crippen molar-refractivity contribution in [3.63, 3.8) is 0 Å². The van der Waals surface area contributed by atoms with Crippen LogP contribution in [0.25, 0.3) is 16.9 Å². The largest absolute Gasteiger partial charge is 0.402 e. The maximum Gasteiger partial charge on any atom is 0.296 e. The molecule has 0 amide bonds. The van der Waals surface area contributed by atoms with E-state index in [2.05, 4.69) is 10.1 Å². The van der Waals surface area contributed by atoms with Gasteiger partial charge in [0.2, 0.25) is 0 Å². The molecule has 4 rings (SSSR count). The van der Waals surface area contributed by atoms with Gasteiger partial charge in [0.15, 0.2) is 0 Å². The summed E-state index contributed by atoms with van der Waals surface area (Å²) in [5.41, 5.74) is 2.84. The second kappa shape index (κ2) is 6.89. The van der Waals surface area contributed by atoms with Crippen molar-refractivity contribution in [2.24, 2.45) is 0 Å². The molecule has 0 N–H and O–H groups in total. The van der Waals surface area contributed by atoms with E-state index >= 15 is 0 Å². The van der Waals surface area contributed by atoms with E-state index in [9.17, 15) is 4.79 Å². The maximum atomic E-state index is 13.1. The molecule has 2 aromatic heterocycles. The van der Waals surface area contributed by atoms with E-state index in [0.29, 0.717) is 21.9 Å². The Labute approximate surface area is 160 Å². The molecule has 136 valence electrons. The van der Waals surface area contributed by atoms with Crippen LogP contribution >= 0.6 is 11.6 Å². The summed E-state index contributed by atoms with van der Waals surface area (Å²) in [7, 11) is 0. The molecule has 7 heteroatoms. The molecule has 0 aliphatic carbocycles. The van der Waals surface area contributed by atoms with E-state index in [4.69, 9.17) is 16.4 Å². The van der Waals surface area contributed by atoms with Crippen molar-refractivity contribution in [2.75, 3.05) is 0 Å². The third-order valence-electron chi connectivity index (χ3n) is 4.17. The predicted octanol–water partition coefficient (Wildman–Crippen LogP) is 3.48. The van der Waals surface area contributed by atoms with Crippen molar-refractivity contribution in [2.45, 2.75) is 20.5 Å². The lowest BCUT2D eigenvalue weighted by molar-refractivity contribution is 0.0863. The van der Waals surface area contributed by atoms with Crippen LogP contribution in [0, 0.1) is 13.8 Å². The molecule has 2 heterocycles. The van der Waals surface area contributed by atoms with E-state index < -0.39 is 0 Å². The van der Waals surface area contributed by atoms with E-state index in [1.54, 1.807) is 35.0 Å². The van der Waals surface area contributed by atoms with Crippen LogP contribution < -0.4 is 10.4 Å². The van der Waals surface area contributed by atoms with Crippen LogP contribution in [0.15, 0.2) is 59.4 Å². The van der Waals surface area contributed by atoms with Gasteiger partial charge in [-0.3, -0.25) is 4.79 Å². The standard InChI is InChI=1S/C20H17ClN4O2/c1-13-10-14(2)24(23-13)20-22-18-9-4-3-8-17(18)19(26)25(20)27-12-15-6-5-7-16(21)11-15/h3-11H,12H2,1-2H3. The van der Waals surface area contributed by atoms with Gasteiger partial charge in [0, 0.05) is 10.7 Å². The molecule has 0 saturated carbocycles. The lowest BCUT2D eigenvalue weighted by atomic mass is 10.2. The Hall–Kier alpha value is -3.12. The summed E-state index contributed by atoms with van der Waals surface area (Å²) in [5.74, 6) is 0.311. The fourth-order valence-electron chi connectivity index (χ4n) is 2.95. The number of fused-ring (bicyclic) bond motifs is 1. The molecule has 0 radical (unpaired) electrons. The average molecular weight is 381 g/mol. The van der Waals surface area contributed by atoms with E-state index in [-0.39, 0.29) is 12.2 Å². The van der Waals surface area contributed by atoms with Crippen molar-refractivity contribution in [1.82, 2.24) is 19.5 Å². The number of halogens is 1. The number of hydrogen-bond donors (Lipinski definition) is 0. The predicted molar refractivity (Wildman–Crippen MR) is 104 cm³/mol. The molecule has 0 unspecified atom stereocenters. The van der Waals surface area contributed by atoms with Crippen LogP contribution in [-0.2, 0) is 6.61 Å². The number of nitrogens with zero attached hydrogens (tertiary/aromatic N) is 4. The highest BCUT2D eigenvalue weighted by molar-refractivity contribution is 6.30. The molecule has 0 aliphatic rings. The van der Waals surface area contributed by atoms with Gasteiger partial charge in [-0.15, -0.1) is 4.73 Å². The van der Waals surface area contributed by atoms with Crippen molar-refractivity contribution in [3.8, 4) is 5.95 Å². The normalized spacial score (nSPS) is 11.1. The molecular formula is C20H17ClN4O2. The lowest BCUT2D eigenvalue weighted by Gasteiger charge is -2.15. The molecule has 0 saturated heterocycles. The lowest BCUT2D eigenvalue weighted by Crippen LogP contribution is -2.32. The quantitative estimate of drug-likeness (QED) is 0.543. The van der Waals surface area contributed by atoms with Crippen molar-refractivity contribution >= 4 is 22.5 Å². The Morgan fingerprint density at radius 1 is 1.07 bits per heavy atom. The summed E-state index contributed by atoms with van der Waals surface area (Å²) in [4.78, 5) is 23.5. The summed E-state index contributed by atoms with van der Waals surface area (Å²) in [6.45, 7) is 3.97. The third kappa shape index (κ3) is 3.31. The average Bonchev–Trinajstić information content (AvgIpc) is 2.99. The Morgan fingerprint density at radius 3 is 2.63 bits per heavy atom. The smallest absolute Gasteiger partial charge is 0.296 e. The van der Waals surface area contributed by atoms with Crippen LogP contribution in [0.5, 0.6) is 0 Å². The van der Waals surface area contributed by atoms with Gasteiger partial charge in [-0.1, -0.05) is 35.9 Å². The number of aryl methyl sites for hydroxylation is 2. The highest BCUT2D eigenvalue weighted by Gasteiger charge is 2.16. The zero-order valence-corrected chi connectivity index (χ0v) is 15.6. The monoisotopic (exact) mass is 380 g/mol. The van der Waals surface area contributed by atoms with Gasteiger partial charge >= 0.3 is 0 Å². The van der Waals surface area contributed by atoms with E-state index in [1.165, 1.54) is 4.73 Å². The van der Waals surface area contributed by atoms with Gasteiger partial charge in [-0.05, 0) is 49.7 Å². The molecule has 0 atom stereocenters. The Bertz CT molecular complexity index is 1200. The van der Waals surface area contributed by atoms with Gasteiger partial charge in [0.1, 0.15) is 6.61 Å². The zero-order valence-electron chi connectivity index (χ0n) is 14.9. The van der Waals surface area contributed by atoms with Crippen LogP contribution in [0.4, 0.5) is 0 Å². The topological polar surface area (TPSA) is 61.9 Å². The molecule has 0 spiro atoms. The summed E-state index contributed by atoms with van der Waals surface area (Å²) in [6, 6.07) is 16.4. The SMILES string of the molecule is Cc1cc(C)n(-c2nc3ccccc3c(=O)n2OCc2cccc(Cl)c2)n1.